The lowest BCUT2D eigenvalue weighted by Crippen LogP contribution is -2.10. The van der Waals surface area contributed by atoms with Gasteiger partial charge in [-0.3, -0.25) is 10.1 Å². The third kappa shape index (κ3) is 5.68. The van der Waals surface area contributed by atoms with E-state index in [9.17, 15) is 18.5 Å². The zero-order valence-electron chi connectivity index (χ0n) is 13.7. The third-order valence-electron chi connectivity index (χ3n) is 3.43. The molecule has 0 aliphatic heterocycles. The van der Waals surface area contributed by atoms with Crippen LogP contribution >= 0.6 is 0 Å². The molecule has 25 heavy (non-hydrogen) atoms. The van der Waals surface area contributed by atoms with Crippen molar-refractivity contribution in [2.75, 3.05) is 5.75 Å². The normalized spacial score (nSPS) is 12.0. The Balaban J connectivity index is 1.84. The molecule has 0 N–H and O–H groups in total. The summed E-state index contributed by atoms with van der Waals surface area (Å²) in [6.07, 6.45) is 0.261. The summed E-state index contributed by atoms with van der Waals surface area (Å²) >= 11 is 0. The van der Waals surface area contributed by atoms with Crippen LogP contribution in [0.5, 0.6) is 0 Å². The highest BCUT2D eigenvalue weighted by Gasteiger charge is 2.14. The summed E-state index contributed by atoms with van der Waals surface area (Å²) < 4.78 is 24.3. The minimum Gasteiger partial charge on any atom is -0.391 e. The zero-order valence-corrected chi connectivity index (χ0v) is 14.5. The van der Waals surface area contributed by atoms with Gasteiger partial charge < -0.3 is 4.84 Å². The van der Waals surface area contributed by atoms with Gasteiger partial charge in [0.1, 0.15) is 6.61 Å². The SMILES string of the molecule is CC(CCS(=O)(=O)c1ccccc1)=NOCc1ccc([N+](=O)[O-])cc1. The minimum atomic E-state index is -3.35. The van der Waals surface area contributed by atoms with Gasteiger partial charge in [0.25, 0.3) is 5.69 Å². The maximum atomic E-state index is 12.2. The van der Waals surface area contributed by atoms with Gasteiger partial charge in [-0.2, -0.15) is 0 Å². The monoisotopic (exact) mass is 362 g/mol. The van der Waals surface area contributed by atoms with E-state index in [4.69, 9.17) is 4.84 Å². The summed E-state index contributed by atoms with van der Waals surface area (Å²) in [7, 11) is -3.35. The summed E-state index contributed by atoms with van der Waals surface area (Å²) in [6.45, 7) is 1.84. The Hall–Kier alpha value is -2.74. The van der Waals surface area contributed by atoms with Gasteiger partial charge in [-0.1, -0.05) is 23.4 Å². The average molecular weight is 362 g/mol. The van der Waals surface area contributed by atoms with Gasteiger partial charge in [0.15, 0.2) is 9.84 Å². The zero-order chi connectivity index (χ0) is 18.3. The van der Waals surface area contributed by atoms with Crippen LogP contribution in [0, 0.1) is 10.1 Å². The lowest BCUT2D eigenvalue weighted by molar-refractivity contribution is -0.384. The molecule has 0 aliphatic rings. The lowest BCUT2D eigenvalue weighted by atomic mass is 10.2. The van der Waals surface area contributed by atoms with Crippen molar-refractivity contribution in [2.45, 2.75) is 24.8 Å². The van der Waals surface area contributed by atoms with Crippen LogP contribution in [0.2, 0.25) is 0 Å². The summed E-state index contributed by atoms with van der Waals surface area (Å²) in [5, 5.41) is 14.5. The molecule has 0 bridgehead atoms. The molecule has 2 aromatic carbocycles. The Morgan fingerprint density at radius 1 is 1.12 bits per heavy atom. The summed E-state index contributed by atoms with van der Waals surface area (Å²) in [4.78, 5) is 15.6. The van der Waals surface area contributed by atoms with Crippen LogP contribution in [-0.4, -0.2) is 24.8 Å². The Labute approximate surface area is 146 Å². The van der Waals surface area contributed by atoms with E-state index in [1.54, 1.807) is 49.4 Å². The van der Waals surface area contributed by atoms with Crippen molar-refractivity contribution in [3.63, 3.8) is 0 Å². The Bertz CT molecular complexity index is 846. The molecule has 132 valence electrons. The highest BCUT2D eigenvalue weighted by Crippen LogP contribution is 2.13. The number of nitro groups is 1. The standard InChI is InChI=1S/C17H18N2O5S/c1-14(11-12-25(22,23)17-5-3-2-4-6-17)18-24-13-15-7-9-16(10-8-15)19(20)21/h2-10H,11-13H2,1H3. The van der Waals surface area contributed by atoms with E-state index in [0.717, 1.165) is 5.56 Å². The molecule has 0 saturated heterocycles. The fraction of sp³-hybridized carbons (Fsp3) is 0.235. The molecule has 0 fully saturated rings. The van der Waals surface area contributed by atoms with E-state index in [1.165, 1.54) is 12.1 Å². The molecule has 0 atom stereocenters. The Kier molecular flexibility index (Phi) is 6.24. The molecule has 0 radical (unpaired) electrons. The van der Waals surface area contributed by atoms with Gasteiger partial charge in [-0.25, -0.2) is 8.42 Å². The van der Waals surface area contributed by atoms with Gasteiger partial charge in [0.05, 0.1) is 21.3 Å². The molecule has 0 saturated carbocycles. The van der Waals surface area contributed by atoms with Crippen molar-refractivity contribution in [3.05, 3.63) is 70.3 Å². The van der Waals surface area contributed by atoms with Crippen LogP contribution in [0.25, 0.3) is 0 Å². The van der Waals surface area contributed by atoms with E-state index in [-0.39, 0.29) is 29.4 Å². The number of benzene rings is 2. The van der Waals surface area contributed by atoms with Gasteiger partial charge in [0, 0.05) is 18.6 Å². The van der Waals surface area contributed by atoms with Gasteiger partial charge in [-0.15, -0.1) is 0 Å². The number of oxime groups is 1. The van der Waals surface area contributed by atoms with Crippen LogP contribution < -0.4 is 0 Å². The molecule has 2 rings (SSSR count). The molecular weight excluding hydrogens is 344 g/mol. The first-order valence-corrected chi connectivity index (χ1v) is 9.20. The molecule has 8 heteroatoms. The van der Waals surface area contributed by atoms with E-state index >= 15 is 0 Å². The number of nitrogens with zero attached hydrogens (tertiary/aromatic N) is 2. The molecule has 0 aromatic heterocycles. The second-order valence-electron chi connectivity index (χ2n) is 5.41. The van der Waals surface area contributed by atoms with Gasteiger partial charge >= 0.3 is 0 Å². The molecule has 7 nitrogen and oxygen atoms in total. The predicted molar refractivity (Wildman–Crippen MR) is 94.1 cm³/mol. The average Bonchev–Trinajstić information content (AvgIpc) is 2.61. The smallest absolute Gasteiger partial charge is 0.269 e. The minimum absolute atomic E-state index is 0.00884. The summed E-state index contributed by atoms with van der Waals surface area (Å²) in [5.74, 6) is -0.0484. The highest BCUT2D eigenvalue weighted by atomic mass is 32.2. The van der Waals surface area contributed by atoms with Crippen molar-refractivity contribution in [3.8, 4) is 0 Å². The predicted octanol–water partition coefficient (Wildman–Crippen LogP) is 3.35. The van der Waals surface area contributed by atoms with Crippen molar-refractivity contribution < 1.29 is 18.2 Å². The van der Waals surface area contributed by atoms with E-state index < -0.39 is 14.8 Å². The molecule has 0 spiro atoms. The molecule has 0 heterocycles. The second kappa shape index (κ2) is 8.39. The Morgan fingerprint density at radius 3 is 2.36 bits per heavy atom. The van der Waals surface area contributed by atoms with E-state index in [1.807, 2.05) is 0 Å². The van der Waals surface area contributed by atoms with Crippen molar-refractivity contribution in [1.29, 1.82) is 0 Å². The number of nitro benzene ring substituents is 1. The van der Waals surface area contributed by atoms with Crippen molar-refractivity contribution in [2.24, 2.45) is 5.16 Å². The number of rotatable bonds is 8. The van der Waals surface area contributed by atoms with Crippen LogP contribution in [-0.2, 0) is 21.3 Å². The fourth-order valence-corrected chi connectivity index (χ4v) is 3.38. The maximum absolute atomic E-state index is 12.2. The topological polar surface area (TPSA) is 98.9 Å². The molecule has 0 aliphatic carbocycles. The largest absolute Gasteiger partial charge is 0.391 e. The van der Waals surface area contributed by atoms with Gasteiger partial charge in [-0.05, 0) is 36.8 Å². The summed E-state index contributed by atoms with van der Waals surface area (Å²) in [6, 6.07) is 14.2. The molecule has 2 aromatic rings. The second-order valence-corrected chi connectivity index (χ2v) is 7.51. The van der Waals surface area contributed by atoms with Crippen LogP contribution in [0.3, 0.4) is 0 Å². The van der Waals surface area contributed by atoms with Gasteiger partial charge in [0.2, 0.25) is 0 Å². The highest BCUT2D eigenvalue weighted by molar-refractivity contribution is 7.91. The number of non-ortho nitro benzene ring substituents is 1. The number of hydrogen-bond donors (Lipinski definition) is 0. The first kappa shape index (κ1) is 18.6. The fourth-order valence-electron chi connectivity index (χ4n) is 2.00. The number of hydrogen-bond acceptors (Lipinski definition) is 6. The van der Waals surface area contributed by atoms with Crippen LogP contribution in [0.15, 0.2) is 64.6 Å². The quantitative estimate of drug-likeness (QED) is 0.407. The summed E-state index contributed by atoms with van der Waals surface area (Å²) in [5.41, 5.74) is 1.30. The molecular formula is C17H18N2O5S. The Morgan fingerprint density at radius 2 is 1.76 bits per heavy atom. The van der Waals surface area contributed by atoms with Crippen LogP contribution in [0.4, 0.5) is 5.69 Å². The number of sulfone groups is 1. The van der Waals surface area contributed by atoms with Crippen LogP contribution in [0.1, 0.15) is 18.9 Å². The molecule has 0 unspecified atom stereocenters. The van der Waals surface area contributed by atoms with E-state index in [0.29, 0.717) is 5.71 Å². The van der Waals surface area contributed by atoms with E-state index in [2.05, 4.69) is 5.16 Å². The van der Waals surface area contributed by atoms with Crippen molar-refractivity contribution in [1.82, 2.24) is 0 Å². The molecule has 0 amide bonds. The first-order chi connectivity index (χ1) is 11.9. The maximum Gasteiger partial charge on any atom is 0.269 e. The third-order valence-corrected chi connectivity index (χ3v) is 5.17. The lowest BCUT2D eigenvalue weighted by Gasteiger charge is -2.05. The van der Waals surface area contributed by atoms with Crippen molar-refractivity contribution >= 4 is 21.2 Å². The first-order valence-electron chi connectivity index (χ1n) is 7.55.